The van der Waals surface area contributed by atoms with E-state index in [2.05, 4.69) is 26.9 Å². The van der Waals surface area contributed by atoms with Crippen molar-refractivity contribution in [3.05, 3.63) is 65.7 Å². The van der Waals surface area contributed by atoms with Crippen LogP contribution >= 0.6 is 11.3 Å². The Morgan fingerprint density at radius 1 is 1.17 bits per heavy atom. The molecule has 1 aromatic carbocycles. The SMILES string of the molecule is Cc1nccc(-c2sc(C3(C)CCNCC3)nc2-c2cccc(NS(=O)(=O)c3ccoc3)c2F)n1. The zero-order chi connectivity index (χ0) is 24.6. The van der Waals surface area contributed by atoms with Gasteiger partial charge in [-0.25, -0.2) is 27.8 Å². The quantitative estimate of drug-likeness (QED) is 0.383. The van der Waals surface area contributed by atoms with E-state index < -0.39 is 15.8 Å². The van der Waals surface area contributed by atoms with Crippen molar-refractivity contribution in [2.75, 3.05) is 17.8 Å². The molecule has 1 fully saturated rings. The predicted molar refractivity (Wildman–Crippen MR) is 132 cm³/mol. The van der Waals surface area contributed by atoms with Gasteiger partial charge in [0.25, 0.3) is 10.0 Å². The van der Waals surface area contributed by atoms with Crippen LogP contribution in [0, 0.1) is 12.7 Å². The summed E-state index contributed by atoms with van der Waals surface area (Å²) in [5, 5.41) is 4.28. The third kappa shape index (κ3) is 4.58. The Kier molecular flexibility index (Phi) is 6.16. The first-order valence-electron chi connectivity index (χ1n) is 11.1. The zero-order valence-corrected chi connectivity index (χ0v) is 20.8. The molecule has 4 aromatic rings. The minimum absolute atomic E-state index is 0.0887. The van der Waals surface area contributed by atoms with E-state index >= 15 is 4.39 Å². The summed E-state index contributed by atoms with van der Waals surface area (Å²) in [5.74, 6) is -0.113. The maximum absolute atomic E-state index is 15.8. The predicted octanol–water partition coefficient (Wildman–Crippen LogP) is 4.75. The molecule has 3 aromatic heterocycles. The molecular formula is C24H24FN5O3S2. The van der Waals surface area contributed by atoms with Crippen molar-refractivity contribution in [1.29, 1.82) is 0 Å². The second-order valence-corrected chi connectivity index (χ2v) is 11.4. The van der Waals surface area contributed by atoms with Gasteiger partial charge in [-0.1, -0.05) is 13.0 Å². The number of aryl methyl sites for hydroxylation is 1. The topological polar surface area (TPSA) is 110 Å². The molecule has 182 valence electrons. The van der Waals surface area contributed by atoms with Crippen LogP contribution in [0.3, 0.4) is 0 Å². The lowest BCUT2D eigenvalue weighted by Gasteiger charge is -2.32. The van der Waals surface area contributed by atoms with E-state index in [4.69, 9.17) is 9.40 Å². The number of thiazole rings is 1. The highest BCUT2D eigenvalue weighted by Gasteiger charge is 2.34. The average Bonchev–Trinajstić information content (AvgIpc) is 3.52. The summed E-state index contributed by atoms with van der Waals surface area (Å²) in [5.41, 5.74) is 0.962. The first kappa shape index (κ1) is 23.6. The fraction of sp³-hybridized carbons (Fsp3) is 0.292. The van der Waals surface area contributed by atoms with Crippen LogP contribution in [-0.4, -0.2) is 36.5 Å². The minimum Gasteiger partial charge on any atom is -0.471 e. The molecule has 0 bridgehead atoms. The van der Waals surface area contributed by atoms with Gasteiger partial charge in [0.15, 0.2) is 5.82 Å². The Morgan fingerprint density at radius 3 is 2.69 bits per heavy atom. The first-order chi connectivity index (χ1) is 16.8. The van der Waals surface area contributed by atoms with Gasteiger partial charge < -0.3 is 9.73 Å². The van der Waals surface area contributed by atoms with Gasteiger partial charge in [0.2, 0.25) is 0 Å². The molecule has 0 spiro atoms. The van der Waals surface area contributed by atoms with Crippen molar-refractivity contribution in [2.24, 2.45) is 0 Å². The van der Waals surface area contributed by atoms with Crippen LogP contribution in [-0.2, 0) is 15.4 Å². The molecule has 0 amide bonds. The molecule has 0 radical (unpaired) electrons. The number of aromatic nitrogens is 3. The average molecular weight is 514 g/mol. The molecule has 0 atom stereocenters. The number of hydrogen-bond acceptors (Lipinski definition) is 8. The maximum Gasteiger partial charge on any atom is 0.265 e. The lowest BCUT2D eigenvalue weighted by Crippen LogP contribution is -2.37. The van der Waals surface area contributed by atoms with Crippen molar-refractivity contribution in [3.8, 4) is 21.8 Å². The van der Waals surface area contributed by atoms with Crippen molar-refractivity contribution >= 4 is 27.0 Å². The van der Waals surface area contributed by atoms with Gasteiger partial charge in [0.05, 0.1) is 33.2 Å². The summed E-state index contributed by atoms with van der Waals surface area (Å²) in [4.78, 5) is 14.3. The van der Waals surface area contributed by atoms with Crippen LogP contribution in [0.2, 0.25) is 0 Å². The number of hydrogen-bond donors (Lipinski definition) is 2. The van der Waals surface area contributed by atoms with E-state index in [0.29, 0.717) is 17.2 Å². The highest BCUT2D eigenvalue weighted by atomic mass is 32.2. The van der Waals surface area contributed by atoms with Crippen LogP contribution in [0.4, 0.5) is 10.1 Å². The van der Waals surface area contributed by atoms with Crippen molar-refractivity contribution < 1.29 is 17.2 Å². The fourth-order valence-electron chi connectivity index (χ4n) is 4.11. The molecule has 0 saturated carbocycles. The number of anilines is 1. The molecule has 5 rings (SSSR count). The van der Waals surface area contributed by atoms with E-state index in [0.717, 1.165) is 42.1 Å². The number of nitrogens with zero attached hydrogens (tertiary/aromatic N) is 3. The van der Waals surface area contributed by atoms with Crippen LogP contribution in [0.25, 0.3) is 21.8 Å². The van der Waals surface area contributed by atoms with Gasteiger partial charge in [-0.3, -0.25) is 4.72 Å². The molecule has 35 heavy (non-hydrogen) atoms. The summed E-state index contributed by atoms with van der Waals surface area (Å²) in [6.07, 6.45) is 5.82. The Hall–Kier alpha value is -3.15. The van der Waals surface area contributed by atoms with E-state index in [1.165, 1.54) is 29.7 Å². The Labute approximate surface area is 206 Å². The van der Waals surface area contributed by atoms with Gasteiger partial charge in [0.1, 0.15) is 17.0 Å². The Balaban J connectivity index is 1.63. The van der Waals surface area contributed by atoms with Crippen molar-refractivity contribution in [1.82, 2.24) is 20.3 Å². The lowest BCUT2D eigenvalue weighted by molar-refractivity contribution is 0.334. The summed E-state index contributed by atoms with van der Waals surface area (Å²) >= 11 is 1.50. The molecule has 1 aliphatic rings. The molecule has 0 unspecified atom stereocenters. The summed E-state index contributed by atoms with van der Waals surface area (Å²) in [6.45, 7) is 5.74. The van der Waals surface area contributed by atoms with Crippen molar-refractivity contribution in [2.45, 2.75) is 37.0 Å². The van der Waals surface area contributed by atoms with E-state index in [9.17, 15) is 8.42 Å². The highest BCUT2D eigenvalue weighted by molar-refractivity contribution is 7.92. The molecule has 0 aliphatic carbocycles. The van der Waals surface area contributed by atoms with Gasteiger partial charge >= 0.3 is 0 Å². The monoisotopic (exact) mass is 513 g/mol. The number of halogens is 1. The molecule has 1 saturated heterocycles. The smallest absolute Gasteiger partial charge is 0.265 e. The number of piperidine rings is 1. The molecule has 4 heterocycles. The van der Waals surface area contributed by atoms with E-state index in [-0.39, 0.29) is 21.6 Å². The van der Waals surface area contributed by atoms with Gasteiger partial charge in [-0.2, -0.15) is 0 Å². The summed E-state index contributed by atoms with van der Waals surface area (Å²) in [7, 11) is -4.01. The minimum atomic E-state index is -4.01. The number of furan rings is 1. The van der Waals surface area contributed by atoms with Gasteiger partial charge in [0, 0.05) is 17.2 Å². The standard InChI is InChI=1S/C24H24FN5O3S2/c1-15-27-10-6-19(28-15)22-21(29-23(34-22)24(2)8-11-26-12-9-24)17-4-3-5-18(20(17)25)30-35(31,32)16-7-13-33-14-16/h3-7,10,13-14,26,30H,8-9,11-12H2,1-2H3. The third-order valence-electron chi connectivity index (χ3n) is 6.16. The number of nitrogens with one attached hydrogen (secondary N) is 2. The first-order valence-corrected chi connectivity index (χ1v) is 13.4. The van der Waals surface area contributed by atoms with Crippen LogP contribution in [0.15, 0.2) is 58.4 Å². The van der Waals surface area contributed by atoms with E-state index in [1.807, 2.05) is 0 Å². The molecule has 11 heteroatoms. The third-order valence-corrected chi connectivity index (χ3v) is 8.89. The number of sulfonamides is 1. The normalized spacial score (nSPS) is 15.7. The molecular weight excluding hydrogens is 489 g/mol. The Bertz CT molecular complexity index is 1460. The largest absolute Gasteiger partial charge is 0.471 e. The van der Waals surface area contributed by atoms with Gasteiger partial charge in [-0.05, 0) is 57.1 Å². The highest BCUT2D eigenvalue weighted by Crippen LogP contribution is 2.44. The maximum atomic E-state index is 15.8. The van der Waals surface area contributed by atoms with Gasteiger partial charge in [-0.15, -0.1) is 11.3 Å². The van der Waals surface area contributed by atoms with Crippen LogP contribution in [0.5, 0.6) is 0 Å². The molecule has 1 aliphatic heterocycles. The zero-order valence-electron chi connectivity index (χ0n) is 19.2. The number of rotatable bonds is 6. The second kappa shape index (κ2) is 9.14. The number of benzene rings is 1. The van der Waals surface area contributed by atoms with E-state index in [1.54, 1.807) is 31.3 Å². The molecule has 2 N–H and O–H groups in total. The Morgan fingerprint density at radius 2 is 1.97 bits per heavy atom. The summed E-state index contributed by atoms with van der Waals surface area (Å²) in [6, 6.07) is 7.67. The van der Waals surface area contributed by atoms with Crippen molar-refractivity contribution in [3.63, 3.8) is 0 Å². The van der Waals surface area contributed by atoms with Crippen LogP contribution in [0.1, 0.15) is 30.6 Å². The fourth-order valence-corrected chi connectivity index (χ4v) is 6.35. The lowest BCUT2D eigenvalue weighted by atomic mass is 9.82. The second-order valence-electron chi connectivity index (χ2n) is 8.73. The van der Waals surface area contributed by atoms with Crippen LogP contribution < -0.4 is 10.0 Å². The molecule has 8 nitrogen and oxygen atoms in total. The summed E-state index contributed by atoms with van der Waals surface area (Å²) < 4.78 is 48.4.